The van der Waals surface area contributed by atoms with E-state index < -0.39 is 32.1 Å². The Labute approximate surface area is 261 Å². The summed E-state index contributed by atoms with van der Waals surface area (Å²) in [7, 11) is -2.64. The molecule has 5 rings (SSSR count). The Morgan fingerprint density at radius 2 is 2.02 bits per heavy atom. The molecule has 0 saturated carbocycles. The molecule has 0 radical (unpaired) electrons. The largest absolute Gasteiger partial charge is 0.479 e. The number of hydrogen-bond acceptors (Lipinski definition) is 12. The standard InChI is InChI=1S/C30H40N7O7P/c1-17-13-22(43-27(17)37-19(3)33-24-25(37)34-29(31)35-26(24)40-7)15-42-45(39,36-18(2)28(38)41-16-30(4,5)6)44-21-10-11-23-20(14-21)9-8-12-32-23/h8-12,14,17-18,22,27H,13,15-16H2,1-7H3,(H,36,39)(H2,31,34,35). The molecule has 3 aromatic heterocycles. The molecule has 4 heterocycles. The highest BCUT2D eigenvalue weighted by atomic mass is 31.2. The molecule has 1 aliphatic heterocycles. The summed E-state index contributed by atoms with van der Waals surface area (Å²) in [5.74, 6) is 0.676. The van der Waals surface area contributed by atoms with Crippen LogP contribution >= 0.6 is 7.75 Å². The molecule has 14 nitrogen and oxygen atoms in total. The number of rotatable bonds is 11. The summed E-state index contributed by atoms with van der Waals surface area (Å²) in [5.41, 5.74) is 7.41. The van der Waals surface area contributed by atoms with Gasteiger partial charge in [0.05, 0.1) is 31.9 Å². The summed E-state index contributed by atoms with van der Waals surface area (Å²) in [6.07, 6.45) is 1.33. The maximum Gasteiger partial charge on any atom is 0.459 e. The van der Waals surface area contributed by atoms with Gasteiger partial charge >= 0.3 is 13.7 Å². The molecule has 3 N–H and O–H groups in total. The van der Waals surface area contributed by atoms with Gasteiger partial charge in [-0.05, 0) is 49.9 Å². The molecule has 1 fully saturated rings. The summed E-state index contributed by atoms with van der Waals surface area (Å²) < 4.78 is 45.2. The molecule has 0 spiro atoms. The number of imidazole rings is 1. The lowest BCUT2D eigenvalue weighted by Crippen LogP contribution is -2.37. The van der Waals surface area contributed by atoms with Gasteiger partial charge in [0.1, 0.15) is 23.8 Å². The van der Waals surface area contributed by atoms with Crippen molar-refractivity contribution in [3.05, 3.63) is 42.4 Å². The van der Waals surface area contributed by atoms with Crippen molar-refractivity contribution in [3.63, 3.8) is 0 Å². The number of methoxy groups -OCH3 is 1. The van der Waals surface area contributed by atoms with Crippen LogP contribution in [0.2, 0.25) is 0 Å². The second-order valence-corrected chi connectivity index (χ2v) is 14.1. The third kappa shape index (κ3) is 7.52. The minimum absolute atomic E-state index is 0.00411. The van der Waals surface area contributed by atoms with Gasteiger partial charge in [-0.2, -0.15) is 15.1 Å². The Kier molecular flexibility index (Phi) is 9.31. The number of esters is 1. The fraction of sp³-hybridized carbons (Fsp3) is 0.500. The monoisotopic (exact) mass is 641 g/mol. The van der Waals surface area contributed by atoms with Crippen LogP contribution in [0.25, 0.3) is 22.1 Å². The zero-order valence-electron chi connectivity index (χ0n) is 26.5. The average Bonchev–Trinajstić information content (AvgIpc) is 3.51. The lowest BCUT2D eigenvalue weighted by Gasteiger charge is -2.25. The molecule has 15 heteroatoms. The van der Waals surface area contributed by atoms with E-state index in [-0.39, 0.29) is 42.1 Å². The van der Waals surface area contributed by atoms with Gasteiger partial charge in [0, 0.05) is 17.5 Å². The number of nitrogens with zero attached hydrogens (tertiary/aromatic N) is 5. The number of carbonyl (C=O) groups excluding carboxylic acids is 1. The molecule has 4 aromatic rings. The molecular weight excluding hydrogens is 601 g/mol. The van der Waals surface area contributed by atoms with Crippen LogP contribution in [0.1, 0.15) is 53.1 Å². The topological polar surface area (TPSA) is 175 Å². The zero-order valence-corrected chi connectivity index (χ0v) is 27.4. The van der Waals surface area contributed by atoms with Gasteiger partial charge in [-0.25, -0.2) is 9.55 Å². The first kappa shape index (κ1) is 32.6. The van der Waals surface area contributed by atoms with Crippen LogP contribution in [-0.2, 0) is 23.4 Å². The van der Waals surface area contributed by atoms with Crippen molar-refractivity contribution in [2.24, 2.45) is 11.3 Å². The number of aromatic nitrogens is 5. The highest BCUT2D eigenvalue weighted by molar-refractivity contribution is 7.52. The van der Waals surface area contributed by atoms with Gasteiger partial charge in [0.2, 0.25) is 11.8 Å². The van der Waals surface area contributed by atoms with E-state index in [0.29, 0.717) is 23.4 Å². The van der Waals surface area contributed by atoms with E-state index in [4.69, 9.17) is 29.0 Å². The second kappa shape index (κ2) is 12.9. The van der Waals surface area contributed by atoms with Gasteiger partial charge in [-0.1, -0.05) is 33.8 Å². The number of nitrogens with one attached hydrogen (secondary N) is 1. The Balaban J connectivity index is 1.35. The molecule has 1 aromatic carbocycles. The smallest absolute Gasteiger partial charge is 0.459 e. The summed E-state index contributed by atoms with van der Waals surface area (Å²) >= 11 is 0. The van der Waals surface area contributed by atoms with Crippen LogP contribution in [0.15, 0.2) is 36.5 Å². The number of aryl methyl sites for hydroxylation is 1. The normalized spacial score (nSPS) is 20.6. The van der Waals surface area contributed by atoms with E-state index in [1.807, 2.05) is 45.3 Å². The van der Waals surface area contributed by atoms with E-state index >= 15 is 0 Å². The number of fused-ring (bicyclic) bond motifs is 2. The van der Waals surface area contributed by atoms with Gasteiger partial charge in [0.25, 0.3) is 0 Å². The molecule has 1 aliphatic rings. The number of benzene rings is 1. The van der Waals surface area contributed by atoms with E-state index in [9.17, 15) is 9.36 Å². The number of hydrogen-bond donors (Lipinski definition) is 2. The summed E-state index contributed by atoms with van der Waals surface area (Å²) in [6.45, 7) is 11.4. The summed E-state index contributed by atoms with van der Waals surface area (Å²) in [6, 6.07) is 7.79. The van der Waals surface area contributed by atoms with Crippen molar-refractivity contribution in [2.75, 3.05) is 26.1 Å². The highest BCUT2D eigenvalue weighted by Gasteiger charge is 2.39. The first-order valence-electron chi connectivity index (χ1n) is 14.7. The first-order chi connectivity index (χ1) is 21.2. The van der Waals surface area contributed by atoms with Crippen molar-refractivity contribution in [2.45, 2.75) is 66.3 Å². The van der Waals surface area contributed by atoms with Gasteiger partial charge in [-0.3, -0.25) is 18.9 Å². The number of nitrogen functional groups attached to an aromatic ring is 1. The Morgan fingerprint density at radius 3 is 2.76 bits per heavy atom. The average molecular weight is 642 g/mol. The minimum Gasteiger partial charge on any atom is -0.479 e. The predicted octanol–water partition coefficient (Wildman–Crippen LogP) is 4.97. The van der Waals surface area contributed by atoms with Crippen LogP contribution in [0.3, 0.4) is 0 Å². The first-order valence-corrected chi connectivity index (χ1v) is 16.2. The maximum atomic E-state index is 14.2. The Morgan fingerprint density at radius 1 is 1.24 bits per heavy atom. The minimum atomic E-state index is -4.14. The van der Waals surface area contributed by atoms with Crippen molar-refractivity contribution in [1.29, 1.82) is 0 Å². The quantitative estimate of drug-likeness (QED) is 0.166. The van der Waals surface area contributed by atoms with Gasteiger partial charge in [-0.15, -0.1) is 0 Å². The lowest BCUT2D eigenvalue weighted by atomic mass is 9.99. The molecule has 0 amide bonds. The maximum absolute atomic E-state index is 14.2. The zero-order chi connectivity index (χ0) is 32.5. The number of anilines is 1. The van der Waals surface area contributed by atoms with Crippen LogP contribution in [0.5, 0.6) is 11.6 Å². The third-order valence-electron chi connectivity index (χ3n) is 7.19. The van der Waals surface area contributed by atoms with Crippen LogP contribution < -0.4 is 20.1 Å². The predicted molar refractivity (Wildman–Crippen MR) is 168 cm³/mol. The molecule has 5 unspecified atom stereocenters. The SMILES string of the molecule is COc1nc(N)nc2c1nc(C)n2C1OC(COP(=O)(NC(C)C(=O)OCC(C)(C)C)Oc2ccc3ncccc3c2)CC1C. The van der Waals surface area contributed by atoms with Crippen LogP contribution in [-0.4, -0.2) is 62.9 Å². The van der Waals surface area contributed by atoms with E-state index in [1.165, 1.54) is 7.11 Å². The number of nitrogens with two attached hydrogens (primary N) is 1. The Bertz CT molecular complexity index is 1740. The fourth-order valence-electron chi connectivity index (χ4n) is 5.08. The number of carbonyl (C=O) groups is 1. The summed E-state index contributed by atoms with van der Waals surface area (Å²) in [5, 5.41) is 3.55. The fourth-order valence-corrected chi connectivity index (χ4v) is 6.60. The molecule has 45 heavy (non-hydrogen) atoms. The Hall–Kier alpha value is -3.84. The van der Waals surface area contributed by atoms with E-state index in [0.717, 1.165) is 10.9 Å². The lowest BCUT2D eigenvalue weighted by molar-refractivity contribution is -0.148. The van der Waals surface area contributed by atoms with Crippen molar-refractivity contribution in [3.8, 4) is 11.6 Å². The molecular formula is C30H40N7O7P. The summed E-state index contributed by atoms with van der Waals surface area (Å²) in [4.78, 5) is 30.2. The molecule has 0 bridgehead atoms. The molecule has 0 aliphatic carbocycles. The highest BCUT2D eigenvalue weighted by Crippen LogP contribution is 2.47. The number of pyridine rings is 1. The van der Waals surface area contributed by atoms with Crippen molar-refractivity contribution < 1.29 is 32.6 Å². The second-order valence-electron chi connectivity index (χ2n) is 12.4. The van der Waals surface area contributed by atoms with Crippen molar-refractivity contribution >= 4 is 41.7 Å². The molecule has 5 atom stereocenters. The van der Waals surface area contributed by atoms with Crippen LogP contribution in [0.4, 0.5) is 5.95 Å². The van der Waals surface area contributed by atoms with Crippen molar-refractivity contribution in [1.82, 2.24) is 29.6 Å². The van der Waals surface area contributed by atoms with Crippen LogP contribution in [0, 0.1) is 18.3 Å². The molecule has 242 valence electrons. The van der Waals surface area contributed by atoms with Gasteiger partial charge < -0.3 is 24.5 Å². The molecule has 1 saturated heterocycles. The third-order valence-corrected chi connectivity index (χ3v) is 8.83. The van der Waals surface area contributed by atoms with Gasteiger partial charge in [0.15, 0.2) is 11.2 Å². The van der Waals surface area contributed by atoms with E-state index in [2.05, 4.69) is 25.0 Å². The number of ether oxygens (including phenoxy) is 3. The van der Waals surface area contributed by atoms with E-state index in [1.54, 1.807) is 37.4 Å².